The number of hydrogen-bond acceptors (Lipinski definition) is 3. The normalized spacial score (nSPS) is 10.2. The highest BCUT2D eigenvalue weighted by molar-refractivity contribution is 6.42. The van der Waals surface area contributed by atoms with E-state index >= 15 is 0 Å². The number of methoxy groups -OCH3 is 1. The molecular weight excluding hydrogens is 230 g/mol. The molecule has 98 valence electrons. The van der Waals surface area contributed by atoms with Gasteiger partial charge in [-0.2, -0.15) is 0 Å². The summed E-state index contributed by atoms with van der Waals surface area (Å²) >= 11 is 0. The summed E-state index contributed by atoms with van der Waals surface area (Å²) in [6.45, 7) is 4.66. The molecule has 0 atom stereocenters. The van der Waals surface area contributed by atoms with Crippen molar-refractivity contribution in [2.24, 2.45) is 5.92 Å². The molecule has 0 fully saturated rings. The number of ketones is 1. The summed E-state index contributed by atoms with van der Waals surface area (Å²) in [5.74, 6) is 0.0929. The molecule has 0 aliphatic carbocycles. The number of amides is 1. The van der Waals surface area contributed by atoms with Crippen LogP contribution in [-0.2, 0) is 4.79 Å². The molecule has 1 amide bonds. The lowest BCUT2D eigenvalue weighted by atomic mass is 10.1. The molecule has 1 aromatic carbocycles. The lowest BCUT2D eigenvalue weighted by Gasteiger charge is -2.06. The molecule has 0 aliphatic rings. The Kier molecular flexibility index (Phi) is 5.36. The van der Waals surface area contributed by atoms with Crippen LogP contribution < -0.4 is 10.1 Å². The van der Waals surface area contributed by atoms with E-state index in [1.54, 1.807) is 31.4 Å². The average molecular weight is 249 g/mol. The van der Waals surface area contributed by atoms with Gasteiger partial charge in [0, 0.05) is 12.1 Å². The fourth-order valence-electron chi connectivity index (χ4n) is 1.43. The molecule has 1 N–H and O–H groups in total. The van der Waals surface area contributed by atoms with Crippen molar-refractivity contribution in [1.82, 2.24) is 5.32 Å². The molecule has 1 aromatic rings. The van der Waals surface area contributed by atoms with Crippen LogP contribution in [0.2, 0.25) is 0 Å². The fourth-order valence-corrected chi connectivity index (χ4v) is 1.43. The van der Waals surface area contributed by atoms with Crippen molar-refractivity contribution in [3.63, 3.8) is 0 Å². The van der Waals surface area contributed by atoms with Crippen LogP contribution in [0.4, 0.5) is 0 Å². The summed E-state index contributed by atoms with van der Waals surface area (Å²) in [5, 5.41) is 2.62. The molecule has 0 aromatic heterocycles. The van der Waals surface area contributed by atoms with Crippen LogP contribution in [0.5, 0.6) is 5.75 Å². The van der Waals surface area contributed by atoms with Crippen molar-refractivity contribution in [2.75, 3.05) is 13.7 Å². The molecule has 4 heteroatoms. The zero-order valence-corrected chi connectivity index (χ0v) is 11.0. The zero-order chi connectivity index (χ0) is 13.5. The van der Waals surface area contributed by atoms with Crippen molar-refractivity contribution in [3.05, 3.63) is 29.8 Å². The molecule has 0 bridgehead atoms. The smallest absolute Gasteiger partial charge is 0.292 e. The highest BCUT2D eigenvalue weighted by Gasteiger charge is 2.15. The minimum atomic E-state index is -0.555. The van der Waals surface area contributed by atoms with Crippen molar-refractivity contribution < 1.29 is 14.3 Å². The second-order valence-corrected chi connectivity index (χ2v) is 4.50. The first-order valence-electron chi connectivity index (χ1n) is 6.01. The predicted octanol–water partition coefficient (Wildman–Crippen LogP) is 2.04. The third-order valence-electron chi connectivity index (χ3n) is 2.57. The van der Waals surface area contributed by atoms with Crippen LogP contribution in [0.1, 0.15) is 30.6 Å². The number of carbonyl (C=O) groups is 2. The van der Waals surface area contributed by atoms with Crippen molar-refractivity contribution in [3.8, 4) is 5.75 Å². The van der Waals surface area contributed by atoms with Gasteiger partial charge in [0.2, 0.25) is 5.78 Å². The van der Waals surface area contributed by atoms with Crippen LogP contribution in [-0.4, -0.2) is 25.3 Å². The molecule has 1 rings (SSSR count). The SMILES string of the molecule is COc1ccc(C(=O)C(=O)NCCC(C)C)cc1. The van der Waals surface area contributed by atoms with Gasteiger partial charge >= 0.3 is 0 Å². The fraction of sp³-hybridized carbons (Fsp3) is 0.429. The van der Waals surface area contributed by atoms with E-state index in [1.165, 1.54) is 0 Å². The predicted molar refractivity (Wildman–Crippen MR) is 69.8 cm³/mol. The lowest BCUT2D eigenvalue weighted by Crippen LogP contribution is -2.32. The summed E-state index contributed by atoms with van der Waals surface area (Å²) in [7, 11) is 1.55. The summed E-state index contributed by atoms with van der Waals surface area (Å²) in [4.78, 5) is 23.4. The largest absolute Gasteiger partial charge is 0.497 e. The Morgan fingerprint density at radius 1 is 1.22 bits per heavy atom. The average Bonchev–Trinajstić information content (AvgIpc) is 2.37. The molecule has 0 aliphatic heterocycles. The molecule has 0 radical (unpaired) electrons. The Morgan fingerprint density at radius 2 is 1.83 bits per heavy atom. The highest BCUT2D eigenvalue weighted by Crippen LogP contribution is 2.11. The van der Waals surface area contributed by atoms with Gasteiger partial charge in [-0.05, 0) is 36.6 Å². The summed E-state index contributed by atoms with van der Waals surface area (Å²) in [6.07, 6.45) is 0.863. The van der Waals surface area contributed by atoms with Gasteiger partial charge in [-0.15, -0.1) is 0 Å². The molecule has 0 heterocycles. The third-order valence-corrected chi connectivity index (χ3v) is 2.57. The van der Waals surface area contributed by atoms with E-state index in [9.17, 15) is 9.59 Å². The second-order valence-electron chi connectivity index (χ2n) is 4.50. The van der Waals surface area contributed by atoms with Crippen molar-refractivity contribution >= 4 is 11.7 Å². The van der Waals surface area contributed by atoms with Crippen LogP contribution >= 0.6 is 0 Å². The van der Waals surface area contributed by atoms with Gasteiger partial charge < -0.3 is 10.1 Å². The zero-order valence-electron chi connectivity index (χ0n) is 11.0. The first kappa shape index (κ1) is 14.2. The number of rotatable bonds is 6. The molecule has 0 spiro atoms. The van der Waals surface area contributed by atoms with Crippen molar-refractivity contribution in [1.29, 1.82) is 0 Å². The van der Waals surface area contributed by atoms with E-state index in [2.05, 4.69) is 19.2 Å². The second kappa shape index (κ2) is 6.79. The quantitative estimate of drug-likeness (QED) is 0.620. The van der Waals surface area contributed by atoms with Crippen molar-refractivity contribution in [2.45, 2.75) is 20.3 Å². The third kappa shape index (κ3) is 4.20. The summed E-state index contributed by atoms with van der Waals surface area (Å²) in [5.41, 5.74) is 0.373. The van der Waals surface area contributed by atoms with Crippen LogP contribution in [0.15, 0.2) is 24.3 Å². The van der Waals surface area contributed by atoms with E-state index in [0.717, 1.165) is 6.42 Å². The highest BCUT2D eigenvalue weighted by atomic mass is 16.5. The molecule has 0 saturated carbocycles. The number of Topliss-reactive ketones (excluding diaryl/α,β-unsaturated/α-hetero) is 1. The van der Waals surface area contributed by atoms with Gasteiger partial charge in [0.05, 0.1) is 7.11 Å². The summed E-state index contributed by atoms with van der Waals surface area (Å²) in [6, 6.07) is 6.50. The number of ether oxygens (including phenoxy) is 1. The van der Waals surface area contributed by atoms with Crippen LogP contribution in [0, 0.1) is 5.92 Å². The molecule has 0 unspecified atom stereocenters. The van der Waals surface area contributed by atoms with Gasteiger partial charge in [-0.25, -0.2) is 0 Å². The molecule has 18 heavy (non-hydrogen) atoms. The standard InChI is InChI=1S/C14H19NO3/c1-10(2)8-9-15-14(17)13(16)11-4-6-12(18-3)7-5-11/h4-7,10H,8-9H2,1-3H3,(H,15,17). The van der Waals surface area contributed by atoms with E-state index in [-0.39, 0.29) is 0 Å². The number of benzene rings is 1. The van der Waals surface area contributed by atoms with Gasteiger partial charge in [-0.3, -0.25) is 9.59 Å². The van der Waals surface area contributed by atoms with E-state index in [0.29, 0.717) is 23.8 Å². The van der Waals surface area contributed by atoms with Gasteiger partial charge in [-0.1, -0.05) is 13.8 Å². The minimum absolute atomic E-state index is 0.373. The lowest BCUT2D eigenvalue weighted by molar-refractivity contribution is -0.117. The van der Waals surface area contributed by atoms with Gasteiger partial charge in [0.25, 0.3) is 5.91 Å². The molecule has 0 saturated heterocycles. The van der Waals surface area contributed by atoms with Gasteiger partial charge in [0.15, 0.2) is 0 Å². The first-order chi connectivity index (χ1) is 8.54. The monoisotopic (exact) mass is 249 g/mol. The van der Waals surface area contributed by atoms with E-state index < -0.39 is 11.7 Å². The maximum absolute atomic E-state index is 11.8. The first-order valence-corrected chi connectivity index (χ1v) is 6.01. The van der Waals surface area contributed by atoms with Crippen LogP contribution in [0.25, 0.3) is 0 Å². The topological polar surface area (TPSA) is 55.4 Å². The Hall–Kier alpha value is -1.84. The maximum Gasteiger partial charge on any atom is 0.292 e. The Labute approximate surface area is 107 Å². The van der Waals surface area contributed by atoms with E-state index in [4.69, 9.17) is 4.74 Å². The summed E-state index contributed by atoms with van der Waals surface area (Å²) < 4.78 is 4.99. The molecule has 4 nitrogen and oxygen atoms in total. The van der Waals surface area contributed by atoms with E-state index in [1.807, 2.05) is 0 Å². The Morgan fingerprint density at radius 3 is 2.33 bits per heavy atom. The minimum Gasteiger partial charge on any atom is -0.497 e. The Balaban J connectivity index is 2.54. The number of hydrogen-bond donors (Lipinski definition) is 1. The number of carbonyl (C=O) groups excluding carboxylic acids is 2. The van der Waals surface area contributed by atoms with Gasteiger partial charge in [0.1, 0.15) is 5.75 Å². The maximum atomic E-state index is 11.8. The molecular formula is C14H19NO3. The van der Waals surface area contributed by atoms with Crippen LogP contribution in [0.3, 0.4) is 0 Å². The Bertz CT molecular complexity index is 410. The number of nitrogens with one attached hydrogen (secondary N) is 1.